The zero-order valence-electron chi connectivity index (χ0n) is 33.2. The molecule has 6 heteroatoms. The number of pyridine rings is 2. The fourth-order valence-electron chi connectivity index (χ4n) is 6.32. The minimum absolute atomic E-state index is 0. The van der Waals surface area contributed by atoms with E-state index in [1.54, 1.807) is 11.3 Å². The third kappa shape index (κ3) is 9.61. The van der Waals surface area contributed by atoms with Gasteiger partial charge in [0.2, 0.25) is 0 Å². The average Bonchev–Trinajstić information content (AvgIpc) is 3.51. The van der Waals surface area contributed by atoms with Gasteiger partial charge >= 0.3 is 0 Å². The van der Waals surface area contributed by atoms with Gasteiger partial charge in [0.1, 0.15) is 11.5 Å². The number of hydrogen-bond acceptors (Lipinski definition) is 4. The molecule has 281 valence electrons. The Labute approximate surface area is 331 Å². The maximum atomic E-state index is 12.2. The molecule has 5 rings (SSSR count). The van der Waals surface area contributed by atoms with Gasteiger partial charge in [-0.15, -0.1) is 40.5 Å². The van der Waals surface area contributed by atoms with E-state index in [1.165, 1.54) is 27.3 Å². The summed E-state index contributed by atoms with van der Waals surface area (Å²) >= 11 is 1.79. The summed E-state index contributed by atoms with van der Waals surface area (Å²) < 4.78 is 3.18. The van der Waals surface area contributed by atoms with Crippen LogP contribution >= 0.6 is 11.3 Å². The first-order valence-electron chi connectivity index (χ1n) is 18.6. The van der Waals surface area contributed by atoms with E-state index in [4.69, 9.17) is 4.98 Å². The third-order valence-corrected chi connectivity index (χ3v) is 11.9. The number of aromatic nitrogens is 2. The summed E-state index contributed by atoms with van der Waals surface area (Å²) in [5.74, 6) is 0.911. The number of fused-ring (bicyclic) bond motifs is 2. The van der Waals surface area contributed by atoms with Gasteiger partial charge in [-0.2, -0.15) is 0 Å². The number of ketones is 1. The van der Waals surface area contributed by atoms with Gasteiger partial charge in [0, 0.05) is 55.8 Å². The monoisotopic (exact) mass is 896 g/mol. The predicted octanol–water partition coefficient (Wildman–Crippen LogP) is 12.7. The Bertz CT molecular complexity index is 2010. The van der Waals surface area contributed by atoms with Crippen LogP contribution in [-0.2, 0) is 36.7 Å². The Morgan fingerprint density at radius 2 is 1.58 bits per heavy atom. The van der Waals surface area contributed by atoms with E-state index in [-0.39, 0.29) is 47.9 Å². The Balaban J connectivity index is 0.000000347. The quantitative estimate of drug-likeness (QED) is 0.0622. The molecule has 2 aromatic carbocycles. The number of aliphatic hydroxyl groups excluding tert-OH is 1. The molecule has 0 fully saturated rings. The molecule has 5 aromatic rings. The zero-order chi connectivity index (χ0) is 37.7. The summed E-state index contributed by atoms with van der Waals surface area (Å²) in [6, 6.07) is 21.1. The first-order valence-corrected chi connectivity index (χ1v) is 19.5. The molecule has 0 bridgehead atoms. The summed E-state index contributed by atoms with van der Waals surface area (Å²) in [5.41, 5.74) is 7.61. The zero-order valence-corrected chi connectivity index (χ0v) is 36.5. The Morgan fingerprint density at radius 1 is 0.942 bits per heavy atom. The first-order chi connectivity index (χ1) is 24.0. The molecule has 0 atom stereocenters. The van der Waals surface area contributed by atoms with Crippen molar-refractivity contribution in [2.24, 2.45) is 16.7 Å². The molecule has 0 saturated heterocycles. The van der Waals surface area contributed by atoms with Crippen molar-refractivity contribution in [2.45, 2.75) is 114 Å². The second-order valence-electron chi connectivity index (χ2n) is 16.0. The molecule has 0 aliphatic carbocycles. The van der Waals surface area contributed by atoms with Crippen LogP contribution in [0.5, 0.6) is 0 Å². The Hall–Kier alpha value is -3.31. The normalized spacial score (nSPS) is 12.5. The number of aliphatic hydroxyl groups is 1. The minimum Gasteiger partial charge on any atom is -0.512 e. The molecule has 0 saturated carbocycles. The molecule has 0 amide bonds. The fourth-order valence-corrected chi connectivity index (χ4v) is 7.29. The van der Waals surface area contributed by atoms with E-state index >= 15 is 0 Å². The van der Waals surface area contributed by atoms with E-state index in [0.717, 1.165) is 65.4 Å². The first kappa shape index (κ1) is 43.1. The standard InChI is InChI=1S/C31H31N2S.C15H28O2.Ir/c1-20(2)13-25-19-34-29-17-24(18-32-30(25)29)21-11-12-33(6)28(16-21)23-14-22-9-7-8-10-26(22)27(15-23)31(3,4)5;1-7-14(5,8-2)12(16)11-13(17)15(6,9-3)10-4;/h7-12,15-20H,6,13H2,1-5H3;11,16H,7-10H2,1-6H3;/q-1;;/b;12-11-;. The van der Waals surface area contributed by atoms with E-state index in [2.05, 4.69) is 102 Å². The van der Waals surface area contributed by atoms with Crippen molar-refractivity contribution in [1.82, 2.24) is 4.98 Å². The maximum absolute atomic E-state index is 12.2. The molecule has 1 radical (unpaired) electrons. The topological polar surface area (TPSA) is 54.1 Å². The van der Waals surface area contributed by atoms with Gasteiger partial charge in [0.15, 0.2) is 5.78 Å². The van der Waals surface area contributed by atoms with Crippen molar-refractivity contribution in [2.75, 3.05) is 0 Å². The van der Waals surface area contributed by atoms with Gasteiger partial charge in [-0.1, -0.05) is 105 Å². The van der Waals surface area contributed by atoms with Crippen LogP contribution in [-0.4, -0.2) is 15.9 Å². The van der Waals surface area contributed by atoms with Gasteiger partial charge in [0.05, 0.1) is 16.4 Å². The van der Waals surface area contributed by atoms with Crippen molar-refractivity contribution in [3.8, 4) is 22.4 Å². The summed E-state index contributed by atoms with van der Waals surface area (Å²) in [4.78, 5) is 17.0. The van der Waals surface area contributed by atoms with Crippen molar-refractivity contribution in [1.29, 1.82) is 0 Å². The third-order valence-electron chi connectivity index (χ3n) is 10.9. The number of benzene rings is 2. The molecule has 0 aliphatic heterocycles. The van der Waals surface area contributed by atoms with Crippen molar-refractivity contribution >= 4 is 38.1 Å². The maximum Gasteiger partial charge on any atom is 0.164 e. The smallest absolute Gasteiger partial charge is 0.164 e. The second kappa shape index (κ2) is 17.7. The number of allylic oxidation sites excluding steroid dienone is 2. The minimum atomic E-state index is -0.337. The van der Waals surface area contributed by atoms with E-state index in [0.29, 0.717) is 5.92 Å². The van der Waals surface area contributed by atoms with Crippen molar-refractivity contribution in [3.05, 3.63) is 102 Å². The van der Waals surface area contributed by atoms with Crippen LogP contribution in [0.1, 0.15) is 113 Å². The molecule has 3 heterocycles. The number of nitrogens with zero attached hydrogens (tertiary/aromatic N) is 2. The van der Waals surface area contributed by atoms with Crippen LogP contribution < -0.4 is 4.57 Å². The summed E-state index contributed by atoms with van der Waals surface area (Å²) in [5, 5.41) is 14.8. The van der Waals surface area contributed by atoms with E-state index in [1.807, 2.05) is 58.5 Å². The van der Waals surface area contributed by atoms with Gasteiger partial charge < -0.3 is 9.67 Å². The molecule has 0 unspecified atom stereocenters. The molecule has 0 spiro atoms. The predicted molar refractivity (Wildman–Crippen MR) is 218 cm³/mol. The van der Waals surface area contributed by atoms with Gasteiger partial charge in [-0.3, -0.25) is 9.78 Å². The Morgan fingerprint density at radius 3 is 2.17 bits per heavy atom. The van der Waals surface area contributed by atoms with Crippen LogP contribution in [0.15, 0.2) is 78.1 Å². The molecular formula is C46H59IrN2O2S-. The van der Waals surface area contributed by atoms with Crippen LogP contribution in [0.4, 0.5) is 0 Å². The average molecular weight is 896 g/mol. The largest absolute Gasteiger partial charge is 0.512 e. The summed E-state index contributed by atoms with van der Waals surface area (Å²) in [6.07, 6.45) is 9.87. The van der Waals surface area contributed by atoms with Crippen LogP contribution in [0.25, 0.3) is 43.4 Å². The van der Waals surface area contributed by atoms with Crippen molar-refractivity contribution < 1.29 is 34.6 Å². The van der Waals surface area contributed by atoms with Crippen molar-refractivity contribution in [3.63, 3.8) is 0 Å². The molecule has 1 N–H and O–H groups in total. The number of carbonyl (C=O) groups is 1. The molecule has 0 aliphatic rings. The fraction of sp³-hybridized carbons (Fsp3) is 0.435. The number of hydrogen-bond donors (Lipinski definition) is 1. The molecule has 4 nitrogen and oxygen atoms in total. The van der Waals surface area contributed by atoms with Crippen LogP contribution in [0.3, 0.4) is 0 Å². The number of carbonyl (C=O) groups excluding carboxylic acids is 1. The SMILES string of the molecule is CCC(C)(CC)C(=O)/C=C(\O)C(C)(CC)CC.[CH2-][n+]1ccc(-c2cnc3c(CC(C)C)csc3c2)cc1-c1[c-]c2ccccc2c(C(C)(C)C)c1.[Ir]. The van der Waals surface area contributed by atoms with Gasteiger partial charge in [-0.25, -0.2) is 0 Å². The van der Waals surface area contributed by atoms with Crippen LogP contribution in [0, 0.1) is 29.9 Å². The molecule has 52 heavy (non-hydrogen) atoms. The summed E-state index contributed by atoms with van der Waals surface area (Å²) in [6.45, 7) is 23.4. The number of thiophene rings is 1. The molecular weight excluding hydrogens is 837 g/mol. The van der Waals surface area contributed by atoms with E-state index < -0.39 is 0 Å². The number of rotatable bonds is 11. The van der Waals surface area contributed by atoms with E-state index in [9.17, 15) is 9.90 Å². The second-order valence-corrected chi connectivity index (χ2v) is 16.9. The summed E-state index contributed by atoms with van der Waals surface area (Å²) in [7, 11) is 4.27. The van der Waals surface area contributed by atoms with Crippen LogP contribution in [0.2, 0.25) is 0 Å². The molecule has 3 aromatic heterocycles. The van der Waals surface area contributed by atoms with Gasteiger partial charge in [0.25, 0.3) is 0 Å². The van der Waals surface area contributed by atoms with Gasteiger partial charge in [-0.05, 0) is 78.1 Å². The Kier molecular flexibility index (Phi) is 14.6.